The number of benzene rings is 1. The van der Waals surface area contributed by atoms with Gasteiger partial charge in [-0.1, -0.05) is 39.0 Å². The highest BCUT2D eigenvalue weighted by Crippen LogP contribution is 2.35. The molecule has 1 atom stereocenters. The summed E-state index contributed by atoms with van der Waals surface area (Å²) in [6, 6.07) is 8.00. The lowest BCUT2D eigenvalue weighted by molar-refractivity contribution is 0.298. The Balaban J connectivity index is 3.02. The molecule has 0 amide bonds. The molecule has 0 saturated heterocycles. The molecule has 0 aliphatic rings. The third kappa shape index (κ3) is 2.96. The van der Waals surface area contributed by atoms with E-state index in [0.717, 1.165) is 11.3 Å². The van der Waals surface area contributed by atoms with E-state index in [1.54, 1.807) is 0 Å². The summed E-state index contributed by atoms with van der Waals surface area (Å²) in [6.07, 6.45) is 0. The van der Waals surface area contributed by atoms with Gasteiger partial charge >= 0.3 is 0 Å². The second kappa shape index (κ2) is 4.67. The second-order valence-electron chi connectivity index (χ2n) is 4.81. The molecule has 0 bridgehead atoms. The molecule has 0 aliphatic carbocycles. The second-order valence-corrected chi connectivity index (χ2v) is 4.81. The van der Waals surface area contributed by atoms with Crippen LogP contribution in [-0.4, -0.2) is 6.61 Å². The molecule has 1 rings (SSSR count). The lowest BCUT2D eigenvalue weighted by Crippen LogP contribution is -2.26. The first kappa shape index (κ1) is 12.1. The van der Waals surface area contributed by atoms with Crippen LogP contribution in [0.5, 0.6) is 5.75 Å². The van der Waals surface area contributed by atoms with Crippen molar-refractivity contribution in [2.75, 3.05) is 6.61 Å². The Labute approximate surface area is 92.4 Å². The fourth-order valence-electron chi connectivity index (χ4n) is 1.49. The average molecular weight is 207 g/mol. The summed E-state index contributed by atoms with van der Waals surface area (Å²) in [6.45, 7) is 9.08. The van der Waals surface area contributed by atoms with Crippen molar-refractivity contribution in [1.29, 1.82) is 0 Å². The fraction of sp³-hybridized carbons (Fsp3) is 0.538. The van der Waals surface area contributed by atoms with Crippen molar-refractivity contribution >= 4 is 0 Å². The topological polar surface area (TPSA) is 35.2 Å². The Morgan fingerprint density at radius 3 is 2.40 bits per heavy atom. The molecule has 1 aromatic carbocycles. The van der Waals surface area contributed by atoms with Gasteiger partial charge in [-0.15, -0.1) is 0 Å². The summed E-state index contributed by atoms with van der Waals surface area (Å²) in [5.41, 5.74) is 7.36. The molecule has 0 unspecified atom stereocenters. The van der Waals surface area contributed by atoms with E-state index in [1.165, 1.54) is 0 Å². The summed E-state index contributed by atoms with van der Waals surface area (Å²) in [5, 5.41) is 0. The van der Waals surface area contributed by atoms with Crippen LogP contribution in [0.3, 0.4) is 0 Å². The van der Waals surface area contributed by atoms with Crippen LogP contribution in [0.1, 0.15) is 39.3 Å². The Bertz CT molecular complexity index is 315. The molecule has 2 N–H and O–H groups in total. The number of para-hydroxylation sites is 1. The van der Waals surface area contributed by atoms with Crippen LogP contribution in [0.15, 0.2) is 24.3 Å². The van der Waals surface area contributed by atoms with E-state index < -0.39 is 0 Å². The number of hydrogen-bond donors (Lipinski definition) is 1. The highest BCUT2D eigenvalue weighted by atomic mass is 16.5. The zero-order chi connectivity index (χ0) is 11.5. The van der Waals surface area contributed by atoms with Gasteiger partial charge in [0.15, 0.2) is 0 Å². The molecule has 2 heteroatoms. The maximum absolute atomic E-state index is 6.22. The number of ether oxygens (including phenoxy) is 1. The van der Waals surface area contributed by atoms with E-state index in [9.17, 15) is 0 Å². The standard InChI is InChI=1S/C13H21NO/c1-5-15-11-9-7-6-8-10(11)12(14)13(2,3)4/h6-9,12H,5,14H2,1-4H3/t12-/m1/s1. The summed E-state index contributed by atoms with van der Waals surface area (Å²) >= 11 is 0. The molecule has 1 aromatic rings. The fourth-order valence-corrected chi connectivity index (χ4v) is 1.49. The lowest BCUT2D eigenvalue weighted by atomic mass is 9.83. The zero-order valence-electron chi connectivity index (χ0n) is 10.1. The van der Waals surface area contributed by atoms with Crippen molar-refractivity contribution in [3.8, 4) is 5.75 Å². The Hall–Kier alpha value is -1.02. The van der Waals surface area contributed by atoms with Crippen molar-refractivity contribution in [3.63, 3.8) is 0 Å². The molecule has 15 heavy (non-hydrogen) atoms. The molecule has 0 saturated carbocycles. The predicted molar refractivity (Wildman–Crippen MR) is 64.0 cm³/mol. The highest BCUT2D eigenvalue weighted by Gasteiger charge is 2.24. The average Bonchev–Trinajstić information content (AvgIpc) is 2.17. The van der Waals surface area contributed by atoms with Crippen LogP contribution in [0, 0.1) is 5.41 Å². The molecular weight excluding hydrogens is 186 g/mol. The SMILES string of the molecule is CCOc1ccccc1[C@@H](N)C(C)(C)C. The molecule has 0 heterocycles. The molecule has 2 nitrogen and oxygen atoms in total. The number of rotatable bonds is 3. The molecule has 0 spiro atoms. The first-order chi connectivity index (χ1) is 6.96. The van der Waals surface area contributed by atoms with Crippen molar-refractivity contribution in [2.45, 2.75) is 33.7 Å². The van der Waals surface area contributed by atoms with Gasteiger partial charge in [-0.3, -0.25) is 0 Å². The Morgan fingerprint density at radius 2 is 1.87 bits per heavy atom. The molecule has 0 aromatic heterocycles. The minimum atomic E-state index is 0.000231. The van der Waals surface area contributed by atoms with Gasteiger partial charge in [0.1, 0.15) is 5.75 Å². The van der Waals surface area contributed by atoms with Crippen LogP contribution < -0.4 is 10.5 Å². The van der Waals surface area contributed by atoms with Crippen LogP contribution >= 0.6 is 0 Å². The van der Waals surface area contributed by atoms with E-state index in [1.807, 2.05) is 31.2 Å². The molecule has 84 valence electrons. The lowest BCUT2D eigenvalue weighted by Gasteiger charge is -2.28. The van der Waals surface area contributed by atoms with Crippen molar-refractivity contribution in [3.05, 3.63) is 29.8 Å². The van der Waals surface area contributed by atoms with Gasteiger partial charge in [0.05, 0.1) is 6.61 Å². The zero-order valence-corrected chi connectivity index (χ0v) is 10.1. The molecule has 0 aliphatic heterocycles. The van der Waals surface area contributed by atoms with E-state index in [2.05, 4.69) is 20.8 Å². The van der Waals surface area contributed by atoms with Crippen molar-refractivity contribution in [2.24, 2.45) is 11.1 Å². The minimum Gasteiger partial charge on any atom is -0.494 e. The van der Waals surface area contributed by atoms with Gasteiger partial charge in [-0.25, -0.2) is 0 Å². The maximum atomic E-state index is 6.22. The van der Waals surface area contributed by atoms with Crippen LogP contribution in [-0.2, 0) is 0 Å². The smallest absolute Gasteiger partial charge is 0.124 e. The van der Waals surface area contributed by atoms with Gasteiger partial charge in [0, 0.05) is 11.6 Å². The summed E-state index contributed by atoms with van der Waals surface area (Å²) in [5.74, 6) is 0.905. The Morgan fingerprint density at radius 1 is 1.27 bits per heavy atom. The number of hydrogen-bond acceptors (Lipinski definition) is 2. The van der Waals surface area contributed by atoms with E-state index in [4.69, 9.17) is 10.5 Å². The van der Waals surface area contributed by atoms with Crippen molar-refractivity contribution < 1.29 is 4.74 Å². The highest BCUT2D eigenvalue weighted by molar-refractivity contribution is 5.36. The monoisotopic (exact) mass is 207 g/mol. The van der Waals surface area contributed by atoms with Gasteiger partial charge in [0.2, 0.25) is 0 Å². The largest absolute Gasteiger partial charge is 0.494 e. The first-order valence-electron chi connectivity index (χ1n) is 5.44. The quantitative estimate of drug-likeness (QED) is 0.826. The third-order valence-electron chi connectivity index (χ3n) is 2.49. The molecule has 0 radical (unpaired) electrons. The third-order valence-corrected chi connectivity index (χ3v) is 2.49. The normalized spacial score (nSPS) is 13.7. The van der Waals surface area contributed by atoms with E-state index >= 15 is 0 Å². The van der Waals surface area contributed by atoms with E-state index in [-0.39, 0.29) is 11.5 Å². The van der Waals surface area contributed by atoms with Crippen LogP contribution in [0.25, 0.3) is 0 Å². The van der Waals surface area contributed by atoms with Crippen LogP contribution in [0.2, 0.25) is 0 Å². The van der Waals surface area contributed by atoms with Gasteiger partial charge in [-0.2, -0.15) is 0 Å². The predicted octanol–water partition coefficient (Wildman–Crippen LogP) is 3.13. The van der Waals surface area contributed by atoms with Crippen molar-refractivity contribution in [1.82, 2.24) is 0 Å². The molecule has 0 fully saturated rings. The maximum Gasteiger partial charge on any atom is 0.124 e. The summed E-state index contributed by atoms with van der Waals surface area (Å²) in [7, 11) is 0. The van der Waals surface area contributed by atoms with Gasteiger partial charge < -0.3 is 10.5 Å². The van der Waals surface area contributed by atoms with Gasteiger partial charge in [-0.05, 0) is 18.4 Å². The summed E-state index contributed by atoms with van der Waals surface area (Å²) in [4.78, 5) is 0. The molecular formula is C13H21NO. The Kier molecular flexibility index (Phi) is 3.75. The summed E-state index contributed by atoms with van der Waals surface area (Å²) < 4.78 is 5.57. The number of nitrogens with two attached hydrogens (primary N) is 1. The van der Waals surface area contributed by atoms with E-state index in [0.29, 0.717) is 6.61 Å². The van der Waals surface area contributed by atoms with Gasteiger partial charge in [0.25, 0.3) is 0 Å². The minimum absolute atomic E-state index is 0.000231. The van der Waals surface area contributed by atoms with Crippen LogP contribution in [0.4, 0.5) is 0 Å². The first-order valence-corrected chi connectivity index (χ1v) is 5.44.